The van der Waals surface area contributed by atoms with Crippen molar-refractivity contribution < 1.29 is 4.79 Å². The van der Waals surface area contributed by atoms with Gasteiger partial charge in [-0.15, -0.1) is 0 Å². The molecule has 1 aliphatic heterocycles. The highest BCUT2D eigenvalue weighted by Crippen LogP contribution is 2.15. The Bertz CT molecular complexity index is 194. The van der Waals surface area contributed by atoms with E-state index in [4.69, 9.17) is 0 Å². The number of amides is 2. The molecule has 0 bridgehead atoms. The second-order valence-corrected chi connectivity index (χ2v) is 4.07. The highest BCUT2D eigenvalue weighted by atomic mass is 16.2. The first-order chi connectivity index (χ1) is 6.70. The van der Waals surface area contributed by atoms with Crippen molar-refractivity contribution in [3.63, 3.8) is 0 Å². The Morgan fingerprint density at radius 2 is 2.07 bits per heavy atom. The summed E-state index contributed by atoms with van der Waals surface area (Å²) in [7, 11) is 0. The second kappa shape index (κ2) is 5.23. The molecule has 1 aliphatic rings. The van der Waals surface area contributed by atoms with Gasteiger partial charge in [-0.2, -0.15) is 0 Å². The number of carbonyl (C=O) groups is 1. The molecule has 0 unspecified atom stereocenters. The van der Waals surface area contributed by atoms with Crippen molar-refractivity contribution in [3.8, 4) is 0 Å². The van der Waals surface area contributed by atoms with Crippen molar-refractivity contribution in [1.29, 1.82) is 0 Å². The third kappa shape index (κ3) is 2.40. The fraction of sp³-hybridized carbons (Fsp3) is 0.909. The van der Waals surface area contributed by atoms with Crippen LogP contribution >= 0.6 is 0 Å². The maximum Gasteiger partial charge on any atom is 0.320 e. The number of hydrogen-bond donors (Lipinski definition) is 0. The van der Waals surface area contributed by atoms with Crippen molar-refractivity contribution in [3.05, 3.63) is 0 Å². The van der Waals surface area contributed by atoms with Crippen LogP contribution in [-0.2, 0) is 0 Å². The van der Waals surface area contributed by atoms with Gasteiger partial charge in [0.2, 0.25) is 0 Å². The monoisotopic (exact) mass is 198 g/mol. The molecule has 1 heterocycles. The molecular formula is C11H22N2O. The minimum atomic E-state index is 0.233. The third-order valence-corrected chi connectivity index (χ3v) is 2.91. The summed E-state index contributed by atoms with van der Waals surface area (Å²) < 4.78 is 0. The minimum Gasteiger partial charge on any atom is -0.323 e. The average molecular weight is 198 g/mol. The SMILES string of the molecule is CCCCCN1C[C@@H](C)N(CC)C1=O. The van der Waals surface area contributed by atoms with E-state index in [0.29, 0.717) is 6.04 Å². The lowest BCUT2D eigenvalue weighted by Gasteiger charge is -2.18. The van der Waals surface area contributed by atoms with E-state index < -0.39 is 0 Å². The van der Waals surface area contributed by atoms with Gasteiger partial charge in [0, 0.05) is 25.7 Å². The molecule has 3 heteroatoms. The summed E-state index contributed by atoms with van der Waals surface area (Å²) in [6, 6.07) is 0.630. The molecule has 14 heavy (non-hydrogen) atoms. The van der Waals surface area contributed by atoms with Crippen LogP contribution in [0.2, 0.25) is 0 Å². The van der Waals surface area contributed by atoms with Crippen molar-refractivity contribution in [2.24, 2.45) is 0 Å². The van der Waals surface area contributed by atoms with Crippen molar-refractivity contribution >= 4 is 6.03 Å². The van der Waals surface area contributed by atoms with Crippen LogP contribution in [0.25, 0.3) is 0 Å². The summed E-state index contributed by atoms with van der Waals surface area (Å²) >= 11 is 0. The molecule has 1 atom stereocenters. The van der Waals surface area contributed by atoms with Crippen LogP contribution in [0, 0.1) is 0 Å². The molecule has 0 aromatic rings. The van der Waals surface area contributed by atoms with Crippen molar-refractivity contribution in [2.75, 3.05) is 19.6 Å². The van der Waals surface area contributed by atoms with E-state index in [-0.39, 0.29) is 6.03 Å². The summed E-state index contributed by atoms with van der Waals surface area (Å²) in [6.45, 7) is 9.05. The van der Waals surface area contributed by atoms with Gasteiger partial charge in [-0.1, -0.05) is 19.8 Å². The predicted octanol–water partition coefficient (Wildman–Crippen LogP) is 2.32. The molecule has 2 amide bonds. The average Bonchev–Trinajstić information content (AvgIpc) is 2.42. The topological polar surface area (TPSA) is 23.6 Å². The minimum absolute atomic E-state index is 0.233. The molecule has 1 rings (SSSR count). The fourth-order valence-corrected chi connectivity index (χ4v) is 2.05. The number of nitrogens with zero attached hydrogens (tertiary/aromatic N) is 2. The van der Waals surface area contributed by atoms with E-state index in [0.717, 1.165) is 26.1 Å². The van der Waals surface area contributed by atoms with Gasteiger partial charge in [0.25, 0.3) is 0 Å². The summed E-state index contributed by atoms with van der Waals surface area (Å²) in [5, 5.41) is 0. The van der Waals surface area contributed by atoms with Gasteiger partial charge in [-0.05, 0) is 20.3 Å². The molecule has 0 aromatic carbocycles. The van der Waals surface area contributed by atoms with E-state index >= 15 is 0 Å². The zero-order valence-electron chi connectivity index (χ0n) is 9.62. The van der Waals surface area contributed by atoms with Gasteiger partial charge in [-0.3, -0.25) is 0 Å². The summed E-state index contributed by atoms with van der Waals surface area (Å²) in [5.74, 6) is 0. The lowest BCUT2D eigenvalue weighted by molar-refractivity contribution is 0.189. The molecular weight excluding hydrogens is 176 g/mol. The smallest absolute Gasteiger partial charge is 0.320 e. The Morgan fingerprint density at radius 3 is 2.57 bits per heavy atom. The van der Waals surface area contributed by atoms with Gasteiger partial charge >= 0.3 is 6.03 Å². The van der Waals surface area contributed by atoms with E-state index in [1.54, 1.807) is 0 Å². The van der Waals surface area contributed by atoms with E-state index in [1.807, 2.05) is 16.7 Å². The van der Waals surface area contributed by atoms with Crippen LogP contribution in [0.4, 0.5) is 4.79 Å². The Morgan fingerprint density at radius 1 is 1.36 bits per heavy atom. The first kappa shape index (κ1) is 11.3. The van der Waals surface area contributed by atoms with Crippen LogP contribution in [0.5, 0.6) is 0 Å². The largest absolute Gasteiger partial charge is 0.323 e. The quantitative estimate of drug-likeness (QED) is 0.622. The Balaban J connectivity index is 2.37. The zero-order valence-corrected chi connectivity index (χ0v) is 9.62. The number of carbonyl (C=O) groups excluding carboxylic acids is 1. The fourth-order valence-electron chi connectivity index (χ4n) is 2.05. The van der Waals surface area contributed by atoms with Gasteiger partial charge in [0.15, 0.2) is 0 Å². The van der Waals surface area contributed by atoms with Gasteiger partial charge in [0.1, 0.15) is 0 Å². The molecule has 0 saturated carbocycles. The first-order valence-electron chi connectivity index (χ1n) is 5.76. The van der Waals surface area contributed by atoms with E-state index in [1.165, 1.54) is 12.8 Å². The number of rotatable bonds is 5. The maximum atomic E-state index is 11.8. The Hall–Kier alpha value is -0.730. The number of unbranched alkanes of at least 4 members (excludes halogenated alkanes) is 2. The summed E-state index contributed by atoms with van der Waals surface area (Å²) in [4.78, 5) is 15.7. The maximum absolute atomic E-state index is 11.8. The lowest BCUT2D eigenvalue weighted by Crippen LogP contribution is -2.33. The number of urea groups is 1. The zero-order chi connectivity index (χ0) is 10.6. The van der Waals surface area contributed by atoms with E-state index in [9.17, 15) is 4.79 Å². The molecule has 0 aromatic heterocycles. The van der Waals surface area contributed by atoms with Gasteiger partial charge in [0.05, 0.1) is 0 Å². The Labute approximate surface area is 87.1 Å². The number of likely N-dealkylation sites (N-methyl/N-ethyl adjacent to an activating group) is 1. The molecule has 1 saturated heterocycles. The molecule has 1 fully saturated rings. The van der Waals surface area contributed by atoms with Crippen LogP contribution in [-0.4, -0.2) is 41.5 Å². The molecule has 0 spiro atoms. The number of hydrogen-bond acceptors (Lipinski definition) is 1. The molecule has 0 N–H and O–H groups in total. The molecule has 0 aliphatic carbocycles. The summed E-state index contributed by atoms with van der Waals surface area (Å²) in [6.07, 6.45) is 3.59. The van der Waals surface area contributed by atoms with Crippen molar-refractivity contribution in [1.82, 2.24) is 9.80 Å². The standard InChI is InChI=1S/C11H22N2O/c1-4-6-7-8-12-9-10(3)13(5-2)11(12)14/h10H,4-9H2,1-3H3/t10-/m1/s1. The van der Waals surface area contributed by atoms with Crippen molar-refractivity contribution in [2.45, 2.75) is 46.1 Å². The predicted molar refractivity (Wildman–Crippen MR) is 58.3 cm³/mol. The summed E-state index contributed by atoms with van der Waals surface area (Å²) in [5.41, 5.74) is 0. The molecule has 0 radical (unpaired) electrons. The molecule has 82 valence electrons. The Kier molecular flexibility index (Phi) is 4.23. The van der Waals surface area contributed by atoms with Crippen LogP contribution in [0.1, 0.15) is 40.0 Å². The third-order valence-electron chi connectivity index (χ3n) is 2.91. The van der Waals surface area contributed by atoms with Crippen LogP contribution in [0.15, 0.2) is 0 Å². The molecule has 3 nitrogen and oxygen atoms in total. The van der Waals surface area contributed by atoms with Gasteiger partial charge < -0.3 is 9.80 Å². The lowest BCUT2D eigenvalue weighted by atomic mass is 10.2. The highest BCUT2D eigenvalue weighted by molar-refractivity contribution is 5.77. The van der Waals surface area contributed by atoms with E-state index in [2.05, 4.69) is 13.8 Å². The normalized spacial score (nSPS) is 22.2. The van der Waals surface area contributed by atoms with Crippen LogP contribution in [0.3, 0.4) is 0 Å². The van der Waals surface area contributed by atoms with Crippen LogP contribution < -0.4 is 0 Å². The first-order valence-corrected chi connectivity index (χ1v) is 5.76. The second-order valence-electron chi connectivity index (χ2n) is 4.07. The highest BCUT2D eigenvalue weighted by Gasteiger charge is 2.32. The van der Waals surface area contributed by atoms with Gasteiger partial charge in [-0.25, -0.2) is 4.79 Å².